The van der Waals surface area contributed by atoms with E-state index in [0.717, 1.165) is 20.3 Å². The van der Waals surface area contributed by atoms with Crippen molar-refractivity contribution < 1.29 is 33.2 Å². The summed E-state index contributed by atoms with van der Waals surface area (Å²) in [4.78, 5) is 45.1. The van der Waals surface area contributed by atoms with Gasteiger partial charge in [0.05, 0.1) is 19.1 Å². The molecule has 0 N–H and O–H groups in total. The van der Waals surface area contributed by atoms with Crippen molar-refractivity contribution in [3.8, 4) is 11.3 Å². The minimum atomic E-state index is -1.16. The number of rotatable bonds is 5. The number of ketones is 1. The first-order valence-corrected chi connectivity index (χ1v) is 6.48. The van der Waals surface area contributed by atoms with Gasteiger partial charge in [-0.3, -0.25) is 14.9 Å². The van der Waals surface area contributed by atoms with Gasteiger partial charge in [0.15, 0.2) is 5.76 Å². The van der Waals surface area contributed by atoms with E-state index >= 15 is 0 Å². The summed E-state index contributed by atoms with van der Waals surface area (Å²) in [5, 5.41) is 10.7. The zero-order valence-electron chi connectivity index (χ0n) is 12.6. The number of nitro groups is 1. The standard InChI is InChI=1S/C15H11NO8/c1-22-14(18)10-7-11(12(17)15(19)23-2)24-13(10)8-3-5-9(6-4-8)16(20)21/h3-7H,1-2H3. The fraction of sp³-hybridized carbons (Fsp3) is 0.133. The summed E-state index contributed by atoms with van der Waals surface area (Å²) in [5.74, 6) is -3.48. The molecule has 1 heterocycles. The lowest BCUT2D eigenvalue weighted by molar-refractivity contribution is -0.384. The Morgan fingerprint density at radius 2 is 1.71 bits per heavy atom. The molecule has 2 rings (SSSR count). The van der Waals surface area contributed by atoms with Crippen LogP contribution >= 0.6 is 0 Å². The molecule has 0 aliphatic rings. The van der Waals surface area contributed by atoms with E-state index in [1.54, 1.807) is 0 Å². The van der Waals surface area contributed by atoms with Crippen molar-refractivity contribution in [2.24, 2.45) is 0 Å². The van der Waals surface area contributed by atoms with E-state index in [4.69, 9.17) is 4.42 Å². The highest BCUT2D eigenvalue weighted by Crippen LogP contribution is 2.29. The van der Waals surface area contributed by atoms with Gasteiger partial charge >= 0.3 is 17.7 Å². The molecule has 24 heavy (non-hydrogen) atoms. The van der Waals surface area contributed by atoms with Crippen LogP contribution in [0.1, 0.15) is 20.9 Å². The minimum absolute atomic E-state index is 0.0519. The van der Waals surface area contributed by atoms with Crippen molar-refractivity contribution in [3.63, 3.8) is 0 Å². The normalized spacial score (nSPS) is 10.1. The highest BCUT2D eigenvalue weighted by atomic mass is 16.6. The first-order valence-electron chi connectivity index (χ1n) is 6.48. The van der Waals surface area contributed by atoms with E-state index < -0.39 is 28.4 Å². The Labute approximate surface area is 134 Å². The molecule has 0 unspecified atom stereocenters. The molecule has 9 nitrogen and oxygen atoms in total. The van der Waals surface area contributed by atoms with E-state index in [0.29, 0.717) is 5.56 Å². The molecular formula is C15H11NO8. The maximum absolute atomic E-state index is 11.8. The summed E-state index contributed by atoms with van der Waals surface area (Å²) in [7, 11) is 2.17. The van der Waals surface area contributed by atoms with Crippen LogP contribution in [0.5, 0.6) is 0 Å². The first kappa shape index (κ1) is 16.9. The summed E-state index contributed by atoms with van der Waals surface area (Å²) < 4.78 is 14.2. The van der Waals surface area contributed by atoms with Crippen LogP contribution in [-0.2, 0) is 14.3 Å². The summed E-state index contributed by atoms with van der Waals surface area (Å²) in [6.45, 7) is 0. The van der Waals surface area contributed by atoms with E-state index in [-0.39, 0.29) is 17.0 Å². The third-order valence-electron chi connectivity index (χ3n) is 3.07. The van der Waals surface area contributed by atoms with Crippen molar-refractivity contribution in [1.29, 1.82) is 0 Å². The number of esters is 2. The van der Waals surface area contributed by atoms with Gasteiger partial charge < -0.3 is 13.9 Å². The number of methoxy groups -OCH3 is 2. The number of carbonyl (C=O) groups excluding carboxylic acids is 3. The molecule has 2 aromatic rings. The lowest BCUT2D eigenvalue weighted by atomic mass is 10.1. The number of benzene rings is 1. The van der Waals surface area contributed by atoms with Crippen LogP contribution in [0.2, 0.25) is 0 Å². The summed E-state index contributed by atoms with van der Waals surface area (Å²) in [6.07, 6.45) is 0. The van der Waals surface area contributed by atoms with Crippen molar-refractivity contribution in [2.75, 3.05) is 14.2 Å². The minimum Gasteiger partial charge on any atom is -0.465 e. The molecule has 124 valence electrons. The van der Waals surface area contributed by atoms with Gasteiger partial charge in [-0.25, -0.2) is 9.59 Å². The Balaban J connectivity index is 2.53. The van der Waals surface area contributed by atoms with Crippen molar-refractivity contribution in [3.05, 3.63) is 51.8 Å². The van der Waals surface area contributed by atoms with Crippen molar-refractivity contribution in [2.45, 2.75) is 0 Å². The molecule has 0 amide bonds. The number of non-ortho nitro benzene ring substituents is 1. The van der Waals surface area contributed by atoms with Crippen LogP contribution in [0.3, 0.4) is 0 Å². The number of nitro benzene ring substituents is 1. The Kier molecular flexibility index (Phi) is 4.73. The van der Waals surface area contributed by atoms with Gasteiger partial charge in [-0.1, -0.05) is 0 Å². The second-order valence-electron chi connectivity index (χ2n) is 4.47. The van der Waals surface area contributed by atoms with E-state index in [1.165, 1.54) is 24.3 Å². The highest BCUT2D eigenvalue weighted by molar-refractivity contribution is 6.40. The number of Topliss-reactive ketones (excluding diaryl/α,β-unsaturated/α-hetero) is 1. The van der Waals surface area contributed by atoms with Crippen molar-refractivity contribution >= 4 is 23.4 Å². The number of ether oxygens (including phenoxy) is 2. The molecule has 0 bridgehead atoms. The Bertz CT molecular complexity index is 818. The third kappa shape index (κ3) is 3.14. The predicted molar refractivity (Wildman–Crippen MR) is 78.5 cm³/mol. The largest absolute Gasteiger partial charge is 0.465 e. The van der Waals surface area contributed by atoms with Crippen LogP contribution in [0.15, 0.2) is 34.7 Å². The van der Waals surface area contributed by atoms with Gasteiger partial charge in [0.25, 0.3) is 5.69 Å². The molecule has 0 fully saturated rings. The second-order valence-corrected chi connectivity index (χ2v) is 4.47. The lowest BCUT2D eigenvalue weighted by Gasteiger charge is -2.01. The molecular weight excluding hydrogens is 322 g/mol. The summed E-state index contributed by atoms with van der Waals surface area (Å²) in [5.41, 5.74) is 0.0410. The van der Waals surface area contributed by atoms with Crippen LogP contribution in [0.25, 0.3) is 11.3 Å². The third-order valence-corrected chi connectivity index (χ3v) is 3.07. The quantitative estimate of drug-likeness (QED) is 0.267. The lowest BCUT2D eigenvalue weighted by Crippen LogP contribution is -2.14. The number of hydrogen-bond donors (Lipinski definition) is 0. The Morgan fingerprint density at radius 1 is 1.08 bits per heavy atom. The van der Waals surface area contributed by atoms with E-state index in [9.17, 15) is 24.5 Å². The number of hydrogen-bond acceptors (Lipinski definition) is 8. The van der Waals surface area contributed by atoms with Gasteiger partial charge in [0, 0.05) is 23.8 Å². The van der Waals surface area contributed by atoms with Crippen molar-refractivity contribution in [1.82, 2.24) is 0 Å². The van der Waals surface area contributed by atoms with Gasteiger partial charge in [-0.15, -0.1) is 0 Å². The van der Waals surface area contributed by atoms with E-state index in [2.05, 4.69) is 9.47 Å². The summed E-state index contributed by atoms with van der Waals surface area (Å²) in [6, 6.07) is 6.16. The first-order chi connectivity index (χ1) is 11.4. The molecule has 9 heteroatoms. The van der Waals surface area contributed by atoms with Gasteiger partial charge in [0.2, 0.25) is 0 Å². The maximum atomic E-state index is 11.8. The maximum Gasteiger partial charge on any atom is 0.382 e. The molecule has 0 saturated heterocycles. The number of furan rings is 1. The SMILES string of the molecule is COC(=O)C(=O)c1cc(C(=O)OC)c(-c2ccc([N+](=O)[O-])cc2)o1. The Morgan fingerprint density at radius 3 is 2.21 bits per heavy atom. The van der Waals surface area contributed by atoms with Gasteiger partial charge in [-0.05, 0) is 12.1 Å². The molecule has 0 radical (unpaired) electrons. The van der Waals surface area contributed by atoms with Crippen LogP contribution in [-0.4, -0.2) is 36.9 Å². The zero-order valence-corrected chi connectivity index (χ0v) is 12.6. The fourth-order valence-corrected chi connectivity index (χ4v) is 1.91. The molecule has 0 saturated carbocycles. The molecule has 0 spiro atoms. The average molecular weight is 333 g/mol. The second kappa shape index (κ2) is 6.73. The fourth-order valence-electron chi connectivity index (χ4n) is 1.91. The van der Waals surface area contributed by atoms with Crippen LogP contribution in [0.4, 0.5) is 5.69 Å². The topological polar surface area (TPSA) is 126 Å². The highest BCUT2D eigenvalue weighted by Gasteiger charge is 2.27. The predicted octanol–water partition coefficient (Wildman–Crippen LogP) is 2.00. The van der Waals surface area contributed by atoms with E-state index in [1.807, 2.05) is 0 Å². The molecule has 0 atom stereocenters. The van der Waals surface area contributed by atoms with Crippen LogP contribution in [0, 0.1) is 10.1 Å². The van der Waals surface area contributed by atoms with Gasteiger partial charge in [-0.2, -0.15) is 0 Å². The molecule has 0 aliphatic heterocycles. The van der Waals surface area contributed by atoms with Crippen LogP contribution < -0.4 is 0 Å². The number of nitrogens with zero attached hydrogens (tertiary/aromatic N) is 1. The Hall–Kier alpha value is -3.49. The molecule has 1 aromatic heterocycles. The van der Waals surface area contributed by atoms with Gasteiger partial charge in [0.1, 0.15) is 11.3 Å². The zero-order chi connectivity index (χ0) is 17.9. The molecule has 0 aliphatic carbocycles. The summed E-state index contributed by atoms with van der Waals surface area (Å²) >= 11 is 0. The smallest absolute Gasteiger partial charge is 0.382 e. The number of carbonyl (C=O) groups is 3. The average Bonchev–Trinajstić information content (AvgIpc) is 3.04. The monoisotopic (exact) mass is 333 g/mol. The molecule has 1 aromatic carbocycles.